The van der Waals surface area contributed by atoms with Gasteiger partial charge in [0, 0.05) is 19.2 Å². The molecule has 6 heteroatoms. The van der Waals surface area contributed by atoms with Crippen LogP contribution in [-0.2, 0) is 0 Å². The Kier molecular flexibility index (Phi) is 6.45. The van der Waals surface area contributed by atoms with E-state index in [4.69, 9.17) is 9.84 Å². The van der Waals surface area contributed by atoms with Gasteiger partial charge < -0.3 is 20.1 Å². The fraction of sp³-hybridized carbons (Fsp3) is 0.562. The van der Waals surface area contributed by atoms with Crippen molar-refractivity contribution < 1.29 is 19.0 Å². The molecule has 0 radical (unpaired) electrons. The molecule has 1 atom stereocenters. The second-order valence-electron chi connectivity index (χ2n) is 5.39. The number of piperidine rings is 1. The number of aliphatic hydroxyl groups excluding tert-OH is 1. The molecule has 2 rings (SSSR count). The van der Waals surface area contributed by atoms with Gasteiger partial charge in [-0.25, -0.2) is 9.18 Å². The number of carbonyl (C=O) groups excluding carboxylic acids is 1. The first-order chi connectivity index (χ1) is 10.7. The van der Waals surface area contributed by atoms with Gasteiger partial charge in [0.15, 0.2) is 0 Å². The van der Waals surface area contributed by atoms with E-state index < -0.39 is 0 Å². The second-order valence-corrected chi connectivity index (χ2v) is 5.39. The molecule has 22 heavy (non-hydrogen) atoms. The normalized spacial score (nSPS) is 18.1. The van der Waals surface area contributed by atoms with Gasteiger partial charge in [-0.3, -0.25) is 0 Å². The summed E-state index contributed by atoms with van der Waals surface area (Å²) in [5.41, 5.74) is 0. The highest BCUT2D eigenvalue weighted by molar-refractivity contribution is 5.74. The number of amides is 2. The van der Waals surface area contributed by atoms with E-state index in [1.165, 1.54) is 12.1 Å². The van der Waals surface area contributed by atoms with Gasteiger partial charge >= 0.3 is 6.03 Å². The van der Waals surface area contributed by atoms with Gasteiger partial charge in [-0.15, -0.1) is 0 Å². The van der Waals surface area contributed by atoms with Gasteiger partial charge in [0.05, 0.1) is 6.54 Å². The lowest BCUT2D eigenvalue weighted by Gasteiger charge is -2.35. The van der Waals surface area contributed by atoms with Crippen LogP contribution in [0.1, 0.15) is 25.7 Å². The van der Waals surface area contributed by atoms with Crippen LogP contribution in [0.15, 0.2) is 24.3 Å². The molecule has 1 aliphatic heterocycles. The molecule has 1 aromatic carbocycles. The van der Waals surface area contributed by atoms with E-state index in [-0.39, 0.29) is 24.5 Å². The average Bonchev–Trinajstić information content (AvgIpc) is 2.54. The Morgan fingerprint density at radius 3 is 2.86 bits per heavy atom. The van der Waals surface area contributed by atoms with Gasteiger partial charge in [-0.05, 0) is 49.9 Å². The number of hydrogen-bond acceptors (Lipinski definition) is 3. The van der Waals surface area contributed by atoms with Crippen LogP contribution in [0.2, 0.25) is 0 Å². The molecule has 0 bridgehead atoms. The SMILES string of the molecule is O=C(NCCOc1ccc(F)cc1)N1CCCC[C@H]1CCO. The second kappa shape index (κ2) is 8.58. The molecule has 1 heterocycles. The Hall–Kier alpha value is -1.82. The summed E-state index contributed by atoms with van der Waals surface area (Å²) >= 11 is 0. The number of aliphatic hydroxyl groups is 1. The molecular weight excluding hydrogens is 287 g/mol. The monoisotopic (exact) mass is 310 g/mol. The molecule has 1 aromatic rings. The summed E-state index contributed by atoms with van der Waals surface area (Å²) in [4.78, 5) is 14.0. The molecule has 1 fully saturated rings. The maximum absolute atomic E-state index is 12.8. The molecule has 122 valence electrons. The molecule has 1 saturated heterocycles. The van der Waals surface area contributed by atoms with Crippen LogP contribution in [0.5, 0.6) is 5.75 Å². The minimum absolute atomic E-state index is 0.0993. The highest BCUT2D eigenvalue weighted by Gasteiger charge is 2.25. The van der Waals surface area contributed by atoms with E-state index in [9.17, 15) is 9.18 Å². The van der Waals surface area contributed by atoms with Gasteiger partial charge in [0.25, 0.3) is 0 Å². The summed E-state index contributed by atoms with van der Waals surface area (Å²) in [7, 11) is 0. The number of nitrogens with zero attached hydrogens (tertiary/aromatic N) is 1. The van der Waals surface area contributed by atoms with Crippen molar-refractivity contribution in [1.29, 1.82) is 0 Å². The fourth-order valence-electron chi connectivity index (χ4n) is 2.68. The molecule has 0 spiro atoms. The first-order valence-corrected chi connectivity index (χ1v) is 7.74. The van der Waals surface area contributed by atoms with E-state index in [1.807, 2.05) is 0 Å². The first kappa shape index (κ1) is 16.5. The number of ether oxygens (including phenoxy) is 1. The van der Waals surface area contributed by atoms with Crippen molar-refractivity contribution in [3.63, 3.8) is 0 Å². The van der Waals surface area contributed by atoms with E-state index >= 15 is 0 Å². The molecule has 2 amide bonds. The zero-order chi connectivity index (χ0) is 15.8. The number of benzene rings is 1. The fourth-order valence-corrected chi connectivity index (χ4v) is 2.68. The maximum atomic E-state index is 12.8. The summed E-state index contributed by atoms with van der Waals surface area (Å²) < 4.78 is 18.2. The molecule has 0 aliphatic carbocycles. The van der Waals surface area contributed by atoms with E-state index in [1.54, 1.807) is 17.0 Å². The minimum atomic E-state index is -0.305. The number of hydrogen-bond donors (Lipinski definition) is 2. The lowest BCUT2D eigenvalue weighted by molar-refractivity contribution is 0.131. The predicted octanol–water partition coefficient (Wildman–Crippen LogP) is 2.15. The Balaban J connectivity index is 1.71. The lowest BCUT2D eigenvalue weighted by Crippen LogP contribution is -2.49. The summed E-state index contributed by atoms with van der Waals surface area (Å²) in [6.07, 6.45) is 3.67. The Morgan fingerprint density at radius 2 is 2.14 bits per heavy atom. The number of carbonyl (C=O) groups is 1. The van der Waals surface area contributed by atoms with Crippen LogP contribution in [0.25, 0.3) is 0 Å². The zero-order valence-electron chi connectivity index (χ0n) is 12.6. The number of nitrogens with one attached hydrogen (secondary N) is 1. The molecule has 0 saturated carbocycles. The smallest absolute Gasteiger partial charge is 0.317 e. The molecule has 1 aliphatic rings. The summed E-state index contributed by atoms with van der Waals surface area (Å²) in [5, 5.41) is 11.9. The van der Waals surface area contributed by atoms with Crippen molar-refractivity contribution in [3.05, 3.63) is 30.1 Å². The lowest BCUT2D eigenvalue weighted by atomic mass is 10.0. The zero-order valence-corrected chi connectivity index (χ0v) is 12.6. The predicted molar refractivity (Wildman–Crippen MR) is 81.3 cm³/mol. The molecular formula is C16H23FN2O3. The van der Waals surface area contributed by atoms with Crippen LogP contribution in [0.4, 0.5) is 9.18 Å². The van der Waals surface area contributed by atoms with Gasteiger partial charge in [-0.2, -0.15) is 0 Å². The van der Waals surface area contributed by atoms with Crippen molar-refractivity contribution in [2.45, 2.75) is 31.7 Å². The third-order valence-corrected chi connectivity index (χ3v) is 3.81. The van der Waals surface area contributed by atoms with E-state index in [2.05, 4.69) is 5.32 Å². The number of rotatable bonds is 6. The standard InChI is InChI=1S/C16H23FN2O3/c17-13-4-6-15(7-5-13)22-12-9-18-16(21)19-10-2-1-3-14(19)8-11-20/h4-7,14,20H,1-3,8-12H2,(H,18,21)/t14-/m0/s1. The van der Waals surface area contributed by atoms with Crippen molar-refractivity contribution in [1.82, 2.24) is 10.2 Å². The van der Waals surface area contributed by atoms with Crippen LogP contribution in [0, 0.1) is 5.82 Å². The third-order valence-electron chi connectivity index (χ3n) is 3.81. The highest BCUT2D eigenvalue weighted by Crippen LogP contribution is 2.19. The van der Waals surface area contributed by atoms with Crippen molar-refractivity contribution >= 4 is 6.03 Å². The minimum Gasteiger partial charge on any atom is -0.492 e. The number of halogens is 1. The van der Waals surface area contributed by atoms with Crippen molar-refractivity contribution in [3.8, 4) is 5.75 Å². The van der Waals surface area contributed by atoms with Crippen LogP contribution in [0.3, 0.4) is 0 Å². The van der Waals surface area contributed by atoms with E-state index in [0.717, 1.165) is 25.8 Å². The van der Waals surface area contributed by atoms with Crippen LogP contribution in [-0.4, -0.2) is 48.4 Å². The summed E-state index contributed by atoms with van der Waals surface area (Å²) in [6.45, 7) is 1.55. The summed E-state index contributed by atoms with van der Waals surface area (Å²) in [6, 6.07) is 5.79. The molecule has 0 unspecified atom stereocenters. The Bertz CT molecular complexity index is 465. The van der Waals surface area contributed by atoms with Crippen LogP contribution >= 0.6 is 0 Å². The largest absolute Gasteiger partial charge is 0.492 e. The molecule has 5 nitrogen and oxygen atoms in total. The third kappa shape index (κ3) is 4.87. The maximum Gasteiger partial charge on any atom is 0.317 e. The topological polar surface area (TPSA) is 61.8 Å². The number of likely N-dealkylation sites (tertiary alicyclic amines) is 1. The quantitative estimate of drug-likeness (QED) is 0.792. The van der Waals surface area contributed by atoms with Gasteiger partial charge in [-0.1, -0.05) is 0 Å². The highest BCUT2D eigenvalue weighted by atomic mass is 19.1. The summed E-state index contributed by atoms with van der Waals surface area (Å²) in [5.74, 6) is 0.271. The Morgan fingerprint density at radius 1 is 1.36 bits per heavy atom. The Labute approximate surface area is 130 Å². The number of urea groups is 1. The molecule has 2 N–H and O–H groups in total. The van der Waals surface area contributed by atoms with Crippen molar-refractivity contribution in [2.24, 2.45) is 0 Å². The average molecular weight is 310 g/mol. The van der Waals surface area contributed by atoms with Crippen LogP contribution < -0.4 is 10.1 Å². The van der Waals surface area contributed by atoms with E-state index in [0.29, 0.717) is 25.3 Å². The van der Waals surface area contributed by atoms with Gasteiger partial charge in [0.1, 0.15) is 18.2 Å². The molecule has 0 aromatic heterocycles. The first-order valence-electron chi connectivity index (χ1n) is 7.74. The van der Waals surface area contributed by atoms with Crippen molar-refractivity contribution in [2.75, 3.05) is 26.3 Å². The van der Waals surface area contributed by atoms with Gasteiger partial charge in [0.2, 0.25) is 0 Å².